The van der Waals surface area contributed by atoms with Crippen LogP contribution in [-0.4, -0.2) is 16.2 Å². The van der Waals surface area contributed by atoms with Crippen molar-refractivity contribution in [1.82, 2.24) is 4.98 Å². The van der Waals surface area contributed by atoms with E-state index in [1.807, 2.05) is 0 Å². The van der Waals surface area contributed by atoms with E-state index in [1.165, 1.54) is 32.1 Å². The zero-order valence-corrected chi connectivity index (χ0v) is 9.28. The second-order valence-corrected chi connectivity index (χ2v) is 4.55. The van der Waals surface area contributed by atoms with Crippen LogP contribution in [0.25, 0.3) is 0 Å². The molecule has 1 saturated carbocycles. The standard InChI is InChI=1S/C12H19NO2/c1-9(14)7-11-8-13-12(15-11)10-5-3-2-4-6-10/h8-10,14H,2-7H2,1H3. The molecule has 1 aromatic rings. The van der Waals surface area contributed by atoms with Crippen LogP contribution in [0, 0.1) is 0 Å². The summed E-state index contributed by atoms with van der Waals surface area (Å²) in [5.74, 6) is 2.21. The minimum Gasteiger partial charge on any atom is -0.445 e. The zero-order valence-electron chi connectivity index (χ0n) is 9.28. The molecule has 1 N–H and O–H groups in total. The minimum atomic E-state index is -0.350. The van der Waals surface area contributed by atoms with E-state index in [-0.39, 0.29) is 6.10 Å². The Bertz CT molecular complexity index is 300. The number of nitrogens with zero attached hydrogens (tertiary/aromatic N) is 1. The summed E-state index contributed by atoms with van der Waals surface area (Å²) < 4.78 is 5.66. The molecule has 1 heterocycles. The molecule has 0 aliphatic heterocycles. The lowest BCUT2D eigenvalue weighted by Crippen LogP contribution is -2.05. The molecule has 3 heteroatoms. The Kier molecular flexibility index (Phi) is 3.41. The van der Waals surface area contributed by atoms with Gasteiger partial charge in [0.25, 0.3) is 0 Å². The smallest absolute Gasteiger partial charge is 0.197 e. The highest BCUT2D eigenvalue weighted by Gasteiger charge is 2.20. The van der Waals surface area contributed by atoms with Gasteiger partial charge in [-0.15, -0.1) is 0 Å². The maximum Gasteiger partial charge on any atom is 0.197 e. The summed E-state index contributed by atoms with van der Waals surface area (Å²) >= 11 is 0. The molecule has 3 nitrogen and oxygen atoms in total. The van der Waals surface area contributed by atoms with Crippen molar-refractivity contribution in [2.45, 2.75) is 57.5 Å². The third-order valence-electron chi connectivity index (χ3n) is 3.02. The van der Waals surface area contributed by atoms with Gasteiger partial charge in [0.1, 0.15) is 5.76 Å². The van der Waals surface area contributed by atoms with E-state index in [2.05, 4.69) is 4.98 Å². The topological polar surface area (TPSA) is 46.3 Å². The molecule has 0 aromatic carbocycles. The first-order valence-corrected chi connectivity index (χ1v) is 5.88. The Morgan fingerprint density at radius 2 is 2.20 bits per heavy atom. The van der Waals surface area contributed by atoms with Crippen molar-refractivity contribution in [1.29, 1.82) is 0 Å². The first kappa shape index (κ1) is 10.7. The van der Waals surface area contributed by atoms with Gasteiger partial charge in [-0.1, -0.05) is 19.3 Å². The molecule has 0 radical (unpaired) electrons. The van der Waals surface area contributed by atoms with Crippen molar-refractivity contribution in [2.24, 2.45) is 0 Å². The van der Waals surface area contributed by atoms with Crippen LogP contribution in [-0.2, 0) is 6.42 Å². The fraction of sp³-hybridized carbons (Fsp3) is 0.750. The highest BCUT2D eigenvalue weighted by Crippen LogP contribution is 2.32. The van der Waals surface area contributed by atoms with Gasteiger partial charge in [0, 0.05) is 12.3 Å². The second-order valence-electron chi connectivity index (χ2n) is 4.55. The predicted molar refractivity (Wildman–Crippen MR) is 57.7 cm³/mol. The molecule has 1 unspecified atom stereocenters. The van der Waals surface area contributed by atoms with Gasteiger partial charge in [-0.05, 0) is 19.8 Å². The monoisotopic (exact) mass is 209 g/mol. The molecule has 15 heavy (non-hydrogen) atoms. The molecule has 0 amide bonds. The fourth-order valence-corrected chi connectivity index (χ4v) is 2.25. The van der Waals surface area contributed by atoms with Crippen LogP contribution in [0.1, 0.15) is 56.6 Å². The Balaban J connectivity index is 1.99. The summed E-state index contributed by atoms with van der Waals surface area (Å²) in [4.78, 5) is 4.32. The molecular formula is C12H19NO2. The van der Waals surface area contributed by atoms with Crippen molar-refractivity contribution in [3.8, 4) is 0 Å². The number of aliphatic hydroxyl groups excluding tert-OH is 1. The van der Waals surface area contributed by atoms with E-state index in [1.54, 1.807) is 13.1 Å². The third kappa shape index (κ3) is 2.81. The highest BCUT2D eigenvalue weighted by atomic mass is 16.4. The van der Waals surface area contributed by atoms with Crippen LogP contribution in [0.15, 0.2) is 10.6 Å². The van der Waals surface area contributed by atoms with Gasteiger partial charge in [-0.3, -0.25) is 0 Å². The van der Waals surface area contributed by atoms with E-state index in [0.29, 0.717) is 12.3 Å². The summed E-state index contributed by atoms with van der Waals surface area (Å²) in [5.41, 5.74) is 0. The van der Waals surface area contributed by atoms with Crippen LogP contribution in [0.4, 0.5) is 0 Å². The van der Waals surface area contributed by atoms with E-state index >= 15 is 0 Å². The molecule has 1 fully saturated rings. The molecule has 1 aliphatic carbocycles. The first-order chi connectivity index (χ1) is 7.25. The van der Waals surface area contributed by atoms with Crippen LogP contribution >= 0.6 is 0 Å². The Labute approximate surface area is 90.5 Å². The lowest BCUT2D eigenvalue weighted by molar-refractivity contribution is 0.185. The van der Waals surface area contributed by atoms with Gasteiger partial charge in [-0.2, -0.15) is 0 Å². The number of oxazole rings is 1. The van der Waals surface area contributed by atoms with Gasteiger partial charge in [-0.25, -0.2) is 4.98 Å². The minimum absolute atomic E-state index is 0.350. The second kappa shape index (κ2) is 4.79. The quantitative estimate of drug-likeness (QED) is 0.832. The molecule has 1 atom stereocenters. The van der Waals surface area contributed by atoms with Crippen LogP contribution in [0.5, 0.6) is 0 Å². The van der Waals surface area contributed by atoms with Crippen LogP contribution in [0.2, 0.25) is 0 Å². The van der Waals surface area contributed by atoms with Crippen molar-refractivity contribution in [3.63, 3.8) is 0 Å². The molecule has 1 aromatic heterocycles. The highest BCUT2D eigenvalue weighted by molar-refractivity contribution is 5.00. The maximum atomic E-state index is 9.24. The van der Waals surface area contributed by atoms with Crippen molar-refractivity contribution >= 4 is 0 Å². The largest absolute Gasteiger partial charge is 0.445 e. The van der Waals surface area contributed by atoms with E-state index in [0.717, 1.165) is 11.7 Å². The van der Waals surface area contributed by atoms with Gasteiger partial charge in [0.2, 0.25) is 0 Å². The van der Waals surface area contributed by atoms with E-state index in [9.17, 15) is 5.11 Å². The summed E-state index contributed by atoms with van der Waals surface area (Å²) in [7, 11) is 0. The number of aliphatic hydroxyl groups is 1. The molecule has 1 aliphatic rings. The molecule has 0 spiro atoms. The van der Waals surface area contributed by atoms with Crippen LogP contribution < -0.4 is 0 Å². The molecule has 0 bridgehead atoms. The van der Waals surface area contributed by atoms with Gasteiger partial charge >= 0.3 is 0 Å². The number of hydrogen-bond donors (Lipinski definition) is 1. The maximum absolute atomic E-state index is 9.24. The van der Waals surface area contributed by atoms with Gasteiger partial charge in [0.15, 0.2) is 5.89 Å². The Morgan fingerprint density at radius 1 is 1.47 bits per heavy atom. The predicted octanol–water partition coefficient (Wildman–Crippen LogP) is 2.65. The summed E-state index contributed by atoms with van der Waals surface area (Å²) in [5, 5.41) is 9.24. The van der Waals surface area contributed by atoms with E-state index < -0.39 is 0 Å². The van der Waals surface area contributed by atoms with Gasteiger partial charge in [0.05, 0.1) is 12.3 Å². The third-order valence-corrected chi connectivity index (χ3v) is 3.02. The molecular weight excluding hydrogens is 190 g/mol. The molecule has 84 valence electrons. The number of aromatic nitrogens is 1. The Hall–Kier alpha value is -0.830. The molecule has 0 saturated heterocycles. The van der Waals surface area contributed by atoms with Crippen molar-refractivity contribution in [2.75, 3.05) is 0 Å². The average molecular weight is 209 g/mol. The summed E-state index contributed by atoms with van der Waals surface area (Å²) in [6, 6.07) is 0. The summed E-state index contributed by atoms with van der Waals surface area (Å²) in [6.07, 6.45) is 8.31. The van der Waals surface area contributed by atoms with Gasteiger partial charge < -0.3 is 9.52 Å². The van der Waals surface area contributed by atoms with Crippen molar-refractivity contribution < 1.29 is 9.52 Å². The lowest BCUT2D eigenvalue weighted by Gasteiger charge is -2.17. The lowest BCUT2D eigenvalue weighted by atomic mass is 9.89. The van der Waals surface area contributed by atoms with E-state index in [4.69, 9.17) is 4.42 Å². The number of rotatable bonds is 3. The molecule has 2 rings (SSSR count). The normalized spacial score (nSPS) is 20.4. The van der Waals surface area contributed by atoms with Crippen molar-refractivity contribution in [3.05, 3.63) is 17.8 Å². The fourth-order valence-electron chi connectivity index (χ4n) is 2.25. The SMILES string of the molecule is CC(O)Cc1cnc(C2CCCCC2)o1. The zero-order chi connectivity index (χ0) is 10.7. The Morgan fingerprint density at radius 3 is 2.87 bits per heavy atom. The summed E-state index contributed by atoms with van der Waals surface area (Å²) in [6.45, 7) is 1.77. The average Bonchev–Trinajstić information content (AvgIpc) is 2.67. The number of hydrogen-bond acceptors (Lipinski definition) is 3. The first-order valence-electron chi connectivity index (χ1n) is 5.88. The van der Waals surface area contributed by atoms with Crippen LogP contribution in [0.3, 0.4) is 0 Å².